The first-order chi connectivity index (χ1) is 9.04. The molecule has 0 bridgehead atoms. The lowest BCUT2D eigenvalue weighted by Gasteiger charge is -2.13. The number of hydrogen-bond acceptors (Lipinski definition) is 4. The zero-order valence-electron chi connectivity index (χ0n) is 12.0. The molecule has 19 heavy (non-hydrogen) atoms. The topological polar surface area (TPSA) is 69.6 Å². The van der Waals surface area contributed by atoms with Crippen LogP contribution in [0.25, 0.3) is 11.4 Å². The summed E-state index contributed by atoms with van der Waals surface area (Å²) >= 11 is 0. The van der Waals surface area contributed by atoms with Crippen molar-refractivity contribution in [2.45, 2.75) is 46.6 Å². The molecule has 0 fully saturated rings. The summed E-state index contributed by atoms with van der Waals surface area (Å²) in [5, 5.41) is 4.34. The number of nitrogens with zero attached hydrogens (tertiary/aromatic N) is 4. The molecule has 102 valence electrons. The van der Waals surface area contributed by atoms with E-state index in [1.807, 2.05) is 17.7 Å². The van der Waals surface area contributed by atoms with E-state index >= 15 is 0 Å². The Morgan fingerprint density at radius 1 is 1.32 bits per heavy atom. The summed E-state index contributed by atoms with van der Waals surface area (Å²) < 4.78 is 1.97. The lowest BCUT2D eigenvalue weighted by atomic mass is 10.1. The second-order valence-corrected chi connectivity index (χ2v) is 5.03. The molecular weight excluding hydrogens is 238 g/mol. The van der Waals surface area contributed by atoms with Crippen molar-refractivity contribution in [3.05, 3.63) is 23.7 Å². The van der Waals surface area contributed by atoms with E-state index in [9.17, 15) is 0 Å². The third kappa shape index (κ3) is 2.59. The minimum Gasteiger partial charge on any atom is -0.383 e. The van der Waals surface area contributed by atoms with Crippen molar-refractivity contribution in [1.82, 2.24) is 19.7 Å². The van der Waals surface area contributed by atoms with Crippen molar-refractivity contribution in [2.24, 2.45) is 0 Å². The highest BCUT2D eigenvalue weighted by atomic mass is 15.3. The van der Waals surface area contributed by atoms with Crippen LogP contribution in [0.3, 0.4) is 0 Å². The minimum atomic E-state index is 0.254. The number of nitrogens with two attached hydrogens (primary N) is 1. The summed E-state index contributed by atoms with van der Waals surface area (Å²) in [6.45, 7) is 9.10. The summed E-state index contributed by atoms with van der Waals surface area (Å²) in [5.74, 6) is 1.59. The Labute approximate surface area is 113 Å². The standard InChI is InChI=1S/C14H21N5/c1-5-8-19-11(6-7-16-19)12-10(4)13(15)18-14(17-12)9(2)3/h6-7,9H,5,8H2,1-4H3,(H2,15,17,18). The summed E-state index contributed by atoms with van der Waals surface area (Å²) in [6.07, 6.45) is 2.84. The molecule has 2 rings (SSSR count). The molecule has 0 spiro atoms. The van der Waals surface area contributed by atoms with Crippen molar-refractivity contribution < 1.29 is 0 Å². The van der Waals surface area contributed by atoms with Crippen LogP contribution in [0.2, 0.25) is 0 Å². The molecular formula is C14H21N5. The maximum absolute atomic E-state index is 6.01. The fraction of sp³-hybridized carbons (Fsp3) is 0.500. The van der Waals surface area contributed by atoms with Crippen LogP contribution in [0.4, 0.5) is 5.82 Å². The summed E-state index contributed by atoms with van der Waals surface area (Å²) in [7, 11) is 0. The average Bonchev–Trinajstić information content (AvgIpc) is 2.81. The van der Waals surface area contributed by atoms with E-state index in [2.05, 4.69) is 35.8 Å². The van der Waals surface area contributed by atoms with Crippen LogP contribution >= 0.6 is 0 Å². The van der Waals surface area contributed by atoms with Gasteiger partial charge in [-0.15, -0.1) is 0 Å². The van der Waals surface area contributed by atoms with Gasteiger partial charge < -0.3 is 5.73 Å². The monoisotopic (exact) mass is 259 g/mol. The van der Waals surface area contributed by atoms with Gasteiger partial charge in [-0.25, -0.2) is 9.97 Å². The Balaban J connectivity index is 2.57. The van der Waals surface area contributed by atoms with Gasteiger partial charge in [0.15, 0.2) is 0 Å². The average molecular weight is 259 g/mol. The van der Waals surface area contributed by atoms with Crippen LogP contribution in [0.15, 0.2) is 12.3 Å². The first kappa shape index (κ1) is 13.5. The van der Waals surface area contributed by atoms with Gasteiger partial charge in [-0.2, -0.15) is 5.10 Å². The molecule has 0 atom stereocenters. The Kier molecular flexibility index (Phi) is 3.83. The number of rotatable bonds is 4. The fourth-order valence-corrected chi connectivity index (χ4v) is 1.98. The number of aromatic nitrogens is 4. The molecule has 0 saturated carbocycles. The van der Waals surface area contributed by atoms with Crippen LogP contribution in [-0.4, -0.2) is 19.7 Å². The molecule has 2 heterocycles. The van der Waals surface area contributed by atoms with Crippen molar-refractivity contribution in [3.8, 4) is 11.4 Å². The third-order valence-electron chi connectivity index (χ3n) is 3.11. The molecule has 2 N–H and O–H groups in total. The SMILES string of the molecule is CCCn1nccc1-c1nc(C(C)C)nc(N)c1C. The molecule has 0 aliphatic heterocycles. The normalized spacial score (nSPS) is 11.2. The molecule has 0 amide bonds. The highest BCUT2D eigenvalue weighted by Crippen LogP contribution is 2.26. The van der Waals surface area contributed by atoms with Crippen LogP contribution in [0.5, 0.6) is 0 Å². The van der Waals surface area contributed by atoms with Crippen molar-refractivity contribution in [3.63, 3.8) is 0 Å². The van der Waals surface area contributed by atoms with Gasteiger partial charge >= 0.3 is 0 Å². The van der Waals surface area contributed by atoms with E-state index in [0.29, 0.717) is 5.82 Å². The molecule has 0 unspecified atom stereocenters. The van der Waals surface area contributed by atoms with E-state index in [-0.39, 0.29) is 5.92 Å². The molecule has 0 aromatic carbocycles. The maximum atomic E-state index is 6.01. The van der Waals surface area contributed by atoms with E-state index < -0.39 is 0 Å². The minimum absolute atomic E-state index is 0.254. The van der Waals surface area contributed by atoms with Gasteiger partial charge in [0.1, 0.15) is 11.6 Å². The van der Waals surface area contributed by atoms with E-state index in [0.717, 1.165) is 35.7 Å². The first-order valence-corrected chi connectivity index (χ1v) is 6.70. The number of hydrogen-bond donors (Lipinski definition) is 1. The summed E-state index contributed by atoms with van der Waals surface area (Å²) in [6, 6.07) is 1.98. The quantitative estimate of drug-likeness (QED) is 0.916. The molecule has 5 nitrogen and oxygen atoms in total. The second-order valence-electron chi connectivity index (χ2n) is 5.03. The lowest BCUT2D eigenvalue weighted by Crippen LogP contribution is -2.09. The molecule has 0 aliphatic rings. The predicted octanol–water partition coefficient (Wildman–Crippen LogP) is 2.76. The van der Waals surface area contributed by atoms with Gasteiger partial charge in [-0.05, 0) is 19.4 Å². The largest absolute Gasteiger partial charge is 0.383 e. The molecule has 0 radical (unpaired) electrons. The van der Waals surface area contributed by atoms with Gasteiger partial charge in [0.05, 0.1) is 11.4 Å². The zero-order chi connectivity index (χ0) is 14.0. The third-order valence-corrected chi connectivity index (χ3v) is 3.11. The Morgan fingerprint density at radius 3 is 2.68 bits per heavy atom. The van der Waals surface area contributed by atoms with Gasteiger partial charge in [0.25, 0.3) is 0 Å². The van der Waals surface area contributed by atoms with Gasteiger partial charge in [-0.1, -0.05) is 20.8 Å². The Morgan fingerprint density at radius 2 is 2.05 bits per heavy atom. The van der Waals surface area contributed by atoms with Crippen molar-refractivity contribution in [2.75, 3.05) is 5.73 Å². The van der Waals surface area contributed by atoms with Crippen LogP contribution in [0.1, 0.15) is 44.5 Å². The van der Waals surface area contributed by atoms with Gasteiger partial charge in [0.2, 0.25) is 0 Å². The summed E-state index contributed by atoms with van der Waals surface area (Å²) in [4.78, 5) is 9.02. The van der Waals surface area contributed by atoms with Crippen LogP contribution < -0.4 is 5.73 Å². The van der Waals surface area contributed by atoms with E-state index in [4.69, 9.17) is 5.73 Å². The highest BCUT2D eigenvalue weighted by Gasteiger charge is 2.15. The highest BCUT2D eigenvalue weighted by molar-refractivity contribution is 5.64. The van der Waals surface area contributed by atoms with Crippen molar-refractivity contribution in [1.29, 1.82) is 0 Å². The predicted molar refractivity (Wildman–Crippen MR) is 76.8 cm³/mol. The fourth-order valence-electron chi connectivity index (χ4n) is 1.98. The van der Waals surface area contributed by atoms with Crippen molar-refractivity contribution >= 4 is 5.82 Å². The van der Waals surface area contributed by atoms with Gasteiger partial charge in [-0.3, -0.25) is 4.68 Å². The number of aryl methyl sites for hydroxylation is 1. The maximum Gasteiger partial charge on any atom is 0.134 e. The van der Waals surface area contributed by atoms with Crippen LogP contribution in [-0.2, 0) is 6.54 Å². The zero-order valence-corrected chi connectivity index (χ0v) is 12.0. The molecule has 0 aliphatic carbocycles. The Bertz CT molecular complexity index is 571. The van der Waals surface area contributed by atoms with Gasteiger partial charge in [0, 0.05) is 24.2 Å². The first-order valence-electron chi connectivity index (χ1n) is 6.70. The molecule has 2 aromatic rings. The van der Waals surface area contributed by atoms with E-state index in [1.54, 1.807) is 6.20 Å². The molecule has 0 saturated heterocycles. The van der Waals surface area contributed by atoms with E-state index in [1.165, 1.54) is 0 Å². The smallest absolute Gasteiger partial charge is 0.134 e. The molecule has 5 heteroatoms. The summed E-state index contributed by atoms with van der Waals surface area (Å²) in [5.41, 5.74) is 8.83. The molecule has 2 aromatic heterocycles. The van der Waals surface area contributed by atoms with Crippen LogP contribution in [0, 0.1) is 6.92 Å². The number of anilines is 1. The number of nitrogen functional groups attached to an aromatic ring is 1. The Hall–Kier alpha value is -1.91. The second kappa shape index (κ2) is 5.38. The lowest BCUT2D eigenvalue weighted by molar-refractivity contribution is 0.607.